The highest BCUT2D eigenvalue weighted by molar-refractivity contribution is 7.99. The van der Waals surface area contributed by atoms with Crippen molar-refractivity contribution in [2.24, 2.45) is 0 Å². The smallest absolute Gasteiger partial charge is 0.341 e. The molecule has 0 bridgehead atoms. The maximum Gasteiger partial charge on any atom is 0.341 e. The number of aliphatic hydroxyl groups is 1. The number of aromatic carboxylic acids is 1. The molecule has 1 unspecified atom stereocenters. The van der Waals surface area contributed by atoms with Crippen LogP contribution in [0.15, 0.2) is 47.4 Å². The summed E-state index contributed by atoms with van der Waals surface area (Å²) in [6.45, 7) is 3.65. The minimum atomic E-state index is -1.34. The SMILES string of the molecule is CSC(C)(C)C(CO)n1cc(C(=O)O)c(=O)c2cc(Cc3cccc(Cl)c3F)ccc21. The lowest BCUT2D eigenvalue weighted by molar-refractivity contribution is 0.0694. The Bertz CT molecular complexity index is 1210. The number of benzene rings is 2. The molecule has 0 saturated carbocycles. The summed E-state index contributed by atoms with van der Waals surface area (Å²) in [5.74, 6) is -1.87. The minimum Gasteiger partial charge on any atom is -0.477 e. The third kappa shape index (κ3) is 4.49. The Balaban J connectivity index is 2.23. The first-order valence-corrected chi connectivity index (χ1v) is 11.2. The van der Waals surface area contributed by atoms with Crippen molar-refractivity contribution in [1.82, 2.24) is 4.57 Å². The number of aliphatic hydroxyl groups excluding tert-OH is 1. The van der Waals surface area contributed by atoms with Crippen LogP contribution in [0.5, 0.6) is 0 Å². The van der Waals surface area contributed by atoms with Crippen molar-refractivity contribution in [2.75, 3.05) is 12.9 Å². The standard InChI is InChI=1S/C23H23ClFNO4S/c1-23(2,31-3)19(12-27)26-11-16(22(29)30)21(28)15-10-13(7-8-18(15)26)9-14-5-4-6-17(24)20(14)25/h4-8,10-11,19,27H,9,12H2,1-3H3,(H,29,30). The molecule has 2 aromatic carbocycles. The highest BCUT2D eigenvalue weighted by Gasteiger charge is 2.31. The molecule has 0 spiro atoms. The van der Waals surface area contributed by atoms with E-state index in [0.717, 1.165) is 0 Å². The fourth-order valence-corrected chi connectivity index (χ4v) is 4.26. The lowest BCUT2D eigenvalue weighted by Crippen LogP contribution is -2.34. The molecule has 2 N–H and O–H groups in total. The van der Waals surface area contributed by atoms with Gasteiger partial charge in [0.05, 0.1) is 23.2 Å². The highest BCUT2D eigenvalue weighted by Crippen LogP contribution is 2.35. The van der Waals surface area contributed by atoms with E-state index >= 15 is 0 Å². The normalized spacial score (nSPS) is 12.8. The largest absolute Gasteiger partial charge is 0.477 e. The number of carbonyl (C=O) groups is 1. The second-order valence-electron chi connectivity index (χ2n) is 7.83. The molecule has 0 amide bonds. The quantitative estimate of drug-likeness (QED) is 0.528. The molecule has 0 aliphatic rings. The summed E-state index contributed by atoms with van der Waals surface area (Å²) in [6, 6.07) is 9.30. The van der Waals surface area contributed by atoms with Gasteiger partial charge in [0.2, 0.25) is 5.43 Å². The van der Waals surface area contributed by atoms with Crippen molar-refractivity contribution < 1.29 is 19.4 Å². The van der Waals surface area contributed by atoms with Gasteiger partial charge in [0.25, 0.3) is 0 Å². The molecule has 0 fully saturated rings. The summed E-state index contributed by atoms with van der Waals surface area (Å²) in [5, 5.41) is 19.9. The third-order valence-electron chi connectivity index (χ3n) is 5.59. The number of hydrogen-bond acceptors (Lipinski definition) is 4. The van der Waals surface area contributed by atoms with Crippen LogP contribution >= 0.6 is 23.4 Å². The molecular weight excluding hydrogens is 441 g/mol. The van der Waals surface area contributed by atoms with E-state index in [1.807, 2.05) is 20.1 Å². The average Bonchev–Trinajstić information content (AvgIpc) is 2.73. The Labute approximate surface area is 188 Å². The van der Waals surface area contributed by atoms with Crippen molar-refractivity contribution in [3.05, 3.63) is 80.3 Å². The summed E-state index contributed by atoms with van der Waals surface area (Å²) in [7, 11) is 0. The van der Waals surface area contributed by atoms with Gasteiger partial charge in [-0.25, -0.2) is 9.18 Å². The summed E-state index contributed by atoms with van der Waals surface area (Å²) >= 11 is 7.39. The van der Waals surface area contributed by atoms with Gasteiger partial charge in [0.15, 0.2) is 0 Å². The van der Waals surface area contributed by atoms with Gasteiger partial charge in [0, 0.05) is 22.8 Å². The van der Waals surface area contributed by atoms with E-state index < -0.39 is 28.0 Å². The molecule has 1 aromatic heterocycles. The van der Waals surface area contributed by atoms with Gasteiger partial charge in [-0.1, -0.05) is 29.8 Å². The number of halogens is 2. The average molecular weight is 464 g/mol. The lowest BCUT2D eigenvalue weighted by Gasteiger charge is -2.34. The van der Waals surface area contributed by atoms with E-state index in [1.54, 1.807) is 34.9 Å². The molecule has 1 atom stereocenters. The highest BCUT2D eigenvalue weighted by atomic mass is 35.5. The topological polar surface area (TPSA) is 79.5 Å². The van der Waals surface area contributed by atoms with Crippen LogP contribution in [0, 0.1) is 5.82 Å². The Kier molecular flexibility index (Phi) is 6.79. The zero-order valence-corrected chi connectivity index (χ0v) is 18.9. The number of aromatic nitrogens is 1. The molecule has 0 radical (unpaired) electrons. The van der Waals surface area contributed by atoms with E-state index in [4.69, 9.17) is 11.6 Å². The van der Waals surface area contributed by atoms with E-state index in [1.165, 1.54) is 24.0 Å². The van der Waals surface area contributed by atoms with Crippen LogP contribution in [0.1, 0.15) is 41.4 Å². The van der Waals surface area contributed by atoms with Crippen LogP contribution in [-0.4, -0.2) is 38.4 Å². The van der Waals surface area contributed by atoms with Crippen LogP contribution < -0.4 is 5.43 Å². The molecule has 3 rings (SSSR count). The van der Waals surface area contributed by atoms with E-state index in [9.17, 15) is 24.2 Å². The second-order valence-corrected chi connectivity index (χ2v) is 9.70. The zero-order valence-electron chi connectivity index (χ0n) is 17.4. The molecule has 5 nitrogen and oxygen atoms in total. The number of carboxylic acids is 1. The number of nitrogens with zero attached hydrogens (tertiary/aromatic N) is 1. The van der Waals surface area contributed by atoms with E-state index in [-0.39, 0.29) is 29.0 Å². The number of thioether (sulfide) groups is 1. The predicted molar refractivity (Wildman–Crippen MR) is 123 cm³/mol. The molecule has 0 aliphatic heterocycles. The second kappa shape index (κ2) is 9.02. The predicted octanol–water partition coefficient (Wildman–Crippen LogP) is 4.76. The summed E-state index contributed by atoms with van der Waals surface area (Å²) < 4.78 is 15.5. The van der Waals surface area contributed by atoms with Crippen molar-refractivity contribution in [3.63, 3.8) is 0 Å². The van der Waals surface area contributed by atoms with Crippen molar-refractivity contribution in [3.8, 4) is 0 Å². The monoisotopic (exact) mass is 463 g/mol. The maximum absolute atomic E-state index is 14.3. The van der Waals surface area contributed by atoms with Gasteiger partial charge in [-0.2, -0.15) is 11.8 Å². The van der Waals surface area contributed by atoms with Gasteiger partial charge >= 0.3 is 5.97 Å². The Morgan fingerprint density at radius 2 is 2.00 bits per heavy atom. The third-order valence-corrected chi connectivity index (χ3v) is 7.21. The molecule has 8 heteroatoms. The fourth-order valence-electron chi connectivity index (χ4n) is 3.61. The van der Waals surface area contributed by atoms with Crippen LogP contribution in [0.3, 0.4) is 0 Å². The van der Waals surface area contributed by atoms with Crippen LogP contribution in [0.2, 0.25) is 5.02 Å². The van der Waals surface area contributed by atoms with Gasteiger partial charge < -0.3 is 14.8 Å². The van der Waals surface area contributed by atoms with Crippen molar-refractivity contribution >= 4 is 40.2 Å². The van der Waals surface area contributed by atoms with E-state index in [2.05, 4.69) is 0 Å². The lowest BCUT2D eigenvalue weighted by atomic mass is 9.99. The minimum absolute atomic E-state index is 0.0129. The Hall–Kier alpha value is -2.35. The first-order valence-electron chi connectivity index (χ1n) is 9.60. The Morgan fingerprint density at radius 3 is 2.61 bits per heavy atom. The molecule has 0 saturated heterocycles. The molecular formula is C23H23ClFNO4S. The van der Waals surface area contributed by atoms with Gasteiger partial charge in [-0.05, 0) is 49.4 Å². The molecule has 0 aliphatic carbocycles. The van der Waals surface area contributed by atoms with Gasteiger partial charge in [0.1, 0.15) is 11.4 Å². The first kappa shape index (κ1) is 23.3. The molecule has 31 heavy (non-hydrogen) atoms. The number of fused-ring (bicyclic) bond motifs is 1. The fraction of sp³-hybridized carbons (Fsp3) is 0.304. The number of rotatable bonds is 7. The van der Waals surface area contributed by atoms with Crippen LogP contribution in [0.4, 0.5) is 4.39 Å². The van der Waals surface area contributed by atoms with Crippen LogP contribution in [0.25, 0.3) is 10.9 Å². The van der Waals surface area contributed by atoms with Crippen molar-refractivity contribution in [2.45, 2.75) is 31.1 Å². The number of hydrogen-bond donors (Lipinski definition) is 2. The summed E-state index contributed by atoms with van der Waals surface area (Å²) in [6.07, 6.45) is 3.39. The first-order chi connectivity index (χ1) is 14.6. The maximum atomic E-state index is 14.3. The van der Waals surface area contributed by atoms with Gasteiger partial charge in [-0.15, -0.1) is 0 Å². The van der Waals surface area contributed by atoms with Crippen LogP contribution in [-0.2, 0) is 6.42 Å². The number of pyridine rings is 1. The van der Waals surface area contributed by atoms with Gasteiger partial charge in [-0.3, -0.25) is 4.79 Å². The zero-order chi connectivity index (χ0) is 22.9. The van der Waals surface area contributed by atoms with Crippen molar-refractivity contribution in [1.29, 1.82) is 0 Å². The Morgan fingerprint density at radius 1 is 1.29 bits per heavy atom. The summed E-state index contributed by atoms with van der Waals surface area (Å²) in [4.78, 5) is 24.7. The van der Waals surface area contributed by atoms with E-state index in [0.29, 0.717) is 16.6 Å². The molecule has 3 aromatic rings. The molecule has 164 valence electrons. The number of carboxylic acid groups (broad SMARTS) is 1. The molecule has 1 heterocycles. The summed E-state index contributed by atoms with van der Waals surface area (Å²) in [5.41, 5.74) is 0.522.